The molecule has 18 heavy (non-hydrogen) atoms. The second-order valence-electron chi connectivity index (χ2n) is 4.36. The molecule has 0 saturated carbocycles. The first kappa shape index (κ1) is 14.7. The van der Waals surface area contributed by atoms with Gasteiger partial charge in [0.25, 0.3) is 0 Å². The number of aliphatic hydroxyl groups is 1. The van der Waals surface area contributed by atoms with Crippen LogP contribution in [0.2, 0.25) is 0 Å². The van der Waals surface area contributed by atoms with Gasteiger partial charge in [-0.1, -0.05) is 18.8 Å². The van der Waals surface area contributed by atoms with Crippen molar-refractivity contribution in [1.29, 1.82) is 0 Å². The number of aliphatic hydroxyl groups excluding tert-OH is 1. The molecule has 0 aliphatic heterocycles. The van der Waals surface area contributed by atoms with E-state index in [1.54, 1.807) is 6.07 Å². The smallest absolute Gasteiger partial charge is 0.124 e. The number of halogens is 1. The topological polar surface area (TPSA) is 23.5 Å². The molecule has 3 heteroatoms. The fourth-order valence-corrected chi connectivity index (χ4v) is 1.81. The van der Waals surface area contributed by atoms with Gasteiger partial charge in [0, 0.05) is 18.5 Å². The molecule has 0 unspecified atom stereocenters. The minimum Gasteiger partial charge on any atom is -0.395 e. The molecule has 0 atom stereocenters. The minimum atomic E-state index is -0.259. The zero-order valence-corrected chi connectivity index (χ0v) is 11.0. The molecule has 0 aliphatic carbocycles. The normalized spacial score (nSPS) is 10.3. The van der Waals surface area contributed by atoms with Gasteiger partial charge in [0.05, 0.1) is 6.61 Å². The van der Waals surface area contributed by atoms with Crippen LogP contribution in [0.1, 0.15) is 30.9 Å². The van der Waals surface area contributed by atoms with Crippen LogP contribution in [0.3, 0.4) is 0 Å². The van der Waals surface area contributed by atoms with Crippen molar-refractivity contribution in [3.8, 4) is 11.8 Å². The van der Waals surface area contributed by atoms with Crippen LogP contribution in [-0.4, -0.2) is 30.2 Å². The van der Waals surface area contributed by atoms with E-state index < -0.39 is 0 Å². The van der Waals surface area contributed by atoms with Gasteiger partial charge in [0.1, 0.15) is 5.82 Å². The van der Waals surface area contributed by atoms with Crippen molar-refractivity contribution in [3.05, 3.63) is 35.1 Å². The number of benzene rings is 1. The van der Waals surface area contributed by atoms with Crippen LogP contribution in [0.25, 0.3) is 0 Å². The summed E-state index contributed by atoms with van der Waals surface area (Å²) in [5.41, 5.74) is 1.60. The molecule has 0 aliphatic rings. The summed E-state index contributed by atoms with van der Waals surface area (Å²) in [6.07, 6.45) is 1.50. The molecule has 0 heterocycles. The average molecular weight is 249 g/mol. The van der Waals surface area contributed by atoms with Crippen LogP contribution in [-0.2, 0) is 6.54 Å². The maximum Gasteiger partial charge on any atom is 0.124 e. The van der Waals surface area contributed by atoms with Crippen molar-refractivity contribution < 1.29 is 9.50 Å². The fraction of sp³-hybridized carbons (Fsp3) is 0.467. The lowest BCUT2D eigenvalue weighted by Gasteiger charge is -2.15. The average Bonchev–Trinajstić information content (AvgIpc) is 2.28. The van der Waals surface area contributed by atoms with E-state index in [9.17, 15) is 4.39 Å². The zero-order chi connectivity index (χ0) is 13.4. The van der Waals surface area contributed by atoms with Crippen LogP contribution in [0.15, 0.2) is 18.2 Å². The molecule has 0 saturated heterocycles. The van der Waals surface area contributed by atoms with E-state index in [0.717, 1.165) is 25.1 Å². The maximum atomic E-state index is 13.4. The SMILES string of the molecule is CCCN(C)Cc1cc(F)cc(C#CCCO)c1. The molecule has 0 bridgehead atoms. The standard InChI is InChI=1S/C15H20FNO/c1-3-7-17(2)12-14-9-13(6-4-5-8-18)10-15(16)11-14/h9-11,18H,3,5,7-8,12H2,1-2H3. The Morgan fingerprint density at radius 2 is 2.11 bits per heavy atom. The van der Waals surface area contributed by atoms with E-state index in [4.69, 9.17) is 5.11 Å². The summed E-state index contributed by atoms with van der Waals surface area (Å²) >= 11 is 0. The number of hydrogen-bond donors (Lipinski definition) is 1. The van der Waals surface area contributed by atoms with Crippen molar-refractivity contribution in [1.82, 2.24) is 4.90 Å². The van der Waals surface area contributed by atoms with Gasteiger partial charge in [0.2, 0.25) is 0 Å². The zero-order valence-electron chi connectivity index (χ0n) is 11.0. The Balaban J connectivity index is 2.78. The largest absolute Gasteiger partial charge is 0.395 e. The highest BCUT2D eigenvalue weighted by atomic mass is 19.1. The lowest BCUT2D eigenvalue weighted by atomic mass is 10.1. The predicted octanol–water partition coefficient (Wildman–Crippen LogP) is 2.40. The predicted molar refractivity (Wildman–Crippen MR) is 71.6 cm³/mol. The van der Waals surface area contributed by atoms with Gasteiger partial charge in [-0.15, -0.1) is 0 Å². The minimum absolute atomic E-state index is 0.0361. The number of nitrogens with zero attached hydrogens (tertiary/aromatic N) is 1. The highest BCUT2D eigenvalue weighted by Gasteiger charge is 2.02. The van der Waals surface area contributed by atoms with Gasteiger partial charge in [0.15, 0.2) is 0 Å². The first-order valence-electron chi connectivity index (χ1n) is 6.23. The third-order valence-corrected chi connectivity index (χ3v) is 2.48. The van der Waals surface area contributed by atoms with Crippen molar-refractivity contribution in [2.24, 2.45) is 0 Å². The highest BCUT2D eigenvalue weighted by Crippen LogP contribution is 2.10. The highest BCUT2D eigenvalue weighted by molar-refractivity contribution is 5.37. The number of rotatable bonds is 5. The van der Waals surface area contributed by atoms with Crippen LogP contribution < -0.4 is 0 Å². The monoisotopic (exact) mass is 249 g/mol. The Labute approximate surface area is 108 Å². The second-order valence-corrected chi connectivity index (χ2v) is 4.36. The van der Waals surface area contributed by atoms with Gasteiger partial charge in [-0.3, -0.25) is 0 Å². The van der Waals surface area contributed by atoms with Crippen molar-refractivity contribution in [3.63, 3.8) is 0 Å². The summed E-state index contributed by atoms with van der Waals surface area (Å²) in [5.74, 6) is 5.41. The molecule has 0 radical (unpaired) electrons. The molecule has 98 valence electrons. The summed E-state index contributed by atoms with van der Waals surface area (Å²) in [5, 5.41) is 8.65. The van der Waals surface area contributed by atoms with E-state index in [0.29, 0.717) is 12.0 Å². The second kappa shape index (κ2) is 7.86. The molecular formula is C15H20FNO. The van der Waals surface area contributed by atoms with Crippen molar-refractivity contribution >= 4 is 0 Å². The van der Waals surface area contributed by atoms with Crippen LogP contribution >= 0.6 is 0 Å². The van der Waals surface area contributed by atoms with Crippen LogP contribution in [0.4, 0.5) is 4.39 Å². The fourth-order valence-electron chi connectivity index (χ4n) is 1.81. The molecule has 1 aromatic rings. The summed E-state index contributed by atoms with van der Waals surface area (Å²) in [6.45, 7) is 3.87. The molecular weight excluding hydrogens is 229 g/mol. The lowest BCUT2D eigenvalue weighted by molar-refractivity contribution is 0.305. The summed E-state index contributed by atoms with van der Waals surface area (Å²) in [6, 6.07) is 4.87. The van der Waals surface area contributed by atoms with E-state index >= 15 is 0 Å². The summed E-state index contributed by atoms with van der Waals surface area (Å²) in [7, 11) is 2.02. The van der Waals surface area contributed by atoms with Gasteiger partial charge in [-0.25, -0.2) is 4.39 Å². The van der Waals surface area contributed by atoms with Crippen LogP contribution in [0.5, 0.6) is 0 Å². The Kier molecular flexibility index (Phi) is 6.42. The van der Waals surface area contributed by atoms with Gasteiger partial charge < -0.3 is 10.0 Å². The first-order valence-corrected chi connectivity index (χ1v) is 6.23. The first-order chi connectivity index (χ1) is 8.65. The van der Waals surface area contributed by atoms with Crippen LogP contribution in [0, 0.1) is 17.7 Å². The van der Waals surface area contributed by atoms with Crippen molar-refractivity contribution in [2.45, 2.75) is 26.3 Å². The molecule has 2 nitrogen and oxygen atoms in total. The molecule has 0 spiro atoms. The molecule has 0 amide bonds. The van der Waals surface area contributed by atoms with Crippen molar-refractivity contribution in [2.75, 3.05) is 20.2 Å². The van der Waals surface area contributed by atoms with Gasteiger partial charge in [-0.2, -0.15) is 0 Å². The molecule has 1 aromatic carbocycles. The van der Waals surface area contributed by atoms with Gasteiger partial charge >= 0.3 is 0 Å². The third-order valence-electron chi connectivity index (χ3n) is 2.48. The molecule has 1 N–H and O–H groups in total. The van der Waals surface area contributed by atoms with E-state index in [-0.39, 0.29) is 12.4 Å². The van der Waals surface area contributed by atoms with E-state index in [1.807, 2.05) is 13.1 Å². The Morgan fingerprint density at radius 1 is 1.33 bits per heavy atom. The Bertz CT molecular complexity index is 434. The molecule has 0 aromatic heterocycles. The summed E-state index contributed by atoms with van der Waals surface area (Å²) < 4.78 is 13.4. The van der Waals surface area contributed by atoms with E-state index in [1.165, 1.54) is 6.07 Å². The maximum absolute atomic E-state index is 13.4. The third kappa shape index (κ3) is 5.31. The Morgan fingerprint density at radius 3 is 2.78 bits per heavy atom. The lowest BCUT2D eigenvalue weighted by Crippen LogP contribution is -2.18. The molecule has 1 rings (SSSR count). The number of hydrogen-bond acceptors (Lipinski definition) is 2. The quantitative estimate of drug-likeness (QED) is 0.810. The van der Waals surface area contributed by atoms with E-state index in [2.05, 4.69) is 23.7 Å². The molecule has 0 fully saturated rings. The van der Waals surface area contributed by atoms with Gasteiger partial charge in [-0.05, 0) is 43.8 Å². The Hall–Kier alpha value is -1.37. The summed E-state index contributed by atoms with van der Waals surface area (Å²) in [4.78, 5) is 2.15.